The van der Waals surface area contributed by atoms with Gasteiger partial charge in [0.1, 0.15) is 5.84 Å². The minimum absolute atomic E-state index is 0.0733. The largest absolute Gasteiger partial charge is 0.387 e. The lowest BCUT2D eigenvalue weighted by Gasteiger charge is -2.03. The standard InChI is InChI=1S/C9H10BrN3O/c10-6-1-3-7(4-2-6)13-9(14)5-8(11)12/h1-4H,5H2,(H3,11,12)(H,13,14). The van der Waals surface area contributed by atoms with E-state index in [1.165, 1.54) is 0 Å². The van der Waals surface area contributed by atoms with Gasteiger partial charge >= 0.3 is 0 Å². The van der Waals surface area contributed by atoms with E-state index in [1.54, 1.807) is 12.1 Å². The highest BCUT2D eigenvalue weighted by molar-refractivity contribution is 9.10. The predicted molar refractivity (Wildman–Crippen MR) is 59.3 cm³/mol. The second kappa shape index (κ2) is 4.76. The van der Waals surface area contributed by atoms with Crippen LogP contribution in [0.1, 0.15) is 6.42 Å². The van der Waals surface area contributed by atoms with Crippen molar-refractivity contribution >= 4 is 33.4 Å². The molecule has 0 unspecified atom stereocenters. The fourth-order valence-electron chi connectivity index (χ4n) is 0.911. The van der Waals surface area contributed by atoms with Crippen LogP contribution >= 0.6 is 15.9 Å². The number of amides is 1. The van der Waals surface area contributed by atoms with Gasteiger partial charge in [0.2, 0.25) is 5.91 Å². The Morgan fingerprint density at radius 2 is 2.00 bits per heavy atom. The van der Waals surface area contributed by atoms with Gasteiger partial charge in [-0.25, -0.2) is 0 Å². The Bertz CT molecular complexity index is 348. The number of hydrogen-bond acceptors (Lipinski definition) is 2. The molecule has 0 aliphatic carbocycles. The monoisotopic (exact) mass is 255 g/mol. The molecule has 0 fully saturated rings. The molecule has 0 radical (unpaired) electrons. The average Bonchev–Trinajstić information content (AvgIpc) is 2.07. The van der Waals surface area contributed by atoms with Crippen LogP contribution < -0.4 is 11.1 Å². The number of benzene rings is 1. The van der Waals surface area contributed by atoms with Gasteiger partial charge in [-0.1, -0.05) is 15.9 Å². The van der Waals surface area contributed by atoms with E-state index in [1.807, 2.05) is 12.1 Å². The Labute approximate surface area is 90.1 Å². The minimum atomic E-state index is -0.278. The number of halogens is 1. The number of carbonyl (C=O) groups is 1. The molecule has 74 valence electrons. The maximum absolute atomic E-state index is 11.2. The summed E-state index contributed by atoms with van der Waals surface area (Å²) in [7, 11) is 0. The zero-order valence-corrected chi connectivity index (χ0v) is 8.97. The summed E-state index contributed by atoms with van der Waals surface area (Å²) in [5.41, 5.74) is 5.78. The Kier molecular flexibility index (Phi) is 3.64. The number of anilines is 1. The molecule has 1 aromatic rings. The van der Waals surface area contributed by atoms with Crippen molar-refractivity contribution in [2.45, 2.75) is 6.42 Å². The lowest BCUT2D eigenvalue weighted by Crippen LogP contribution is -2.20. The van der Waals surface area contributed by atoms with E-state index in [9.17, 15) is 4.79 Å². The highest BCUT2D eigenvalue weighted by Crippen LogP contribution is 2.13. The van der Waals surface area contributed by atoms with Crippen LogP contribution in [-0.4, -0.2) is 11.7 Å². The van der Waals surface area contributed by atoms with Crippen molar-refractivity contribution in [3.05, 3.63) is 28.7 Å². The van der Waals surface area contributed by atoms with Crippen molar-refractivity contribution in [1.82, 2.24) is 0 Å². The van der Waals surface area contributed by atoms with Crippen LogP contribution in [0.4, 0.5) is 5.69 Å². The van der Waals surface area contributed by atoms with Gasteiger partial charge in [-0.05, 0) is 24.3 Å². The molecule has 0 aromatic heterocycles. The molecule has 1 aromatic carbocycles. The van der Waals surface area contributed by atoms with E-state index in [-0.39, 0.29) is 18.2 Å². The number of carbonyl (C=O) groups excluding carboxylic acids is 1. The SMILES string of the molecule is N=C(N)CC(=O)Nc1ccc(Br)cc1. The van der Waals surface area contributed by atoms with Gasteiger partial charge in [-0.15, -0.1) is 0 Å². The molecule has 0 spiro atoms. The summed E-state index contributed by atoms with van der Waals surface area (Å²) < 4.78 is 0.946. The third kappa shape index (κ3) is 3.57. The first kappa shape index (κ1) is 10.7. The molecule has 0 aliphatic rings. The maximum atomic E-state index is 11.2. The van der Waals surface area contributed by atoms with Crippen LogP contribution in [0, 0.1) is 5.41 Å². The van der Waals surface area contributed by atoms with Gasteiger partial charge < -0.3 is 11.1 Å². The van der Waals surface area contributed by atoms with Gasteiger partial charge in [-0.3, -0.25) is 10.2 Å². The molecule has 14 heavy (non-hydrogen) atoms. The van der Waals surface area contributed by atoms with Crippen molar-refractivity contribution in [2.75, 3.05) is 5.32 Å². The van der Waals surface area contributed by atoms with Crippen molar-refractivity contribution in [3.8, 4) is 0 Å². The summed E-state index contributed by atoms with van der Waals surface area (Å²) in [6.45, 7) is 0. The quantitative estimate of drug-likeness (QED) is 0.568. The summed E-state index contributed by atoms with van der Waals surface area (Å²) in [4.78, 5) is 11.2. The molecule has 0 saturated carbocycles. The lowest BCUT2D eigenvalue weighted by molar-refractivity contribution is -0.115. The smallest absolute Gasteiger partial charge is 0.231 e. The predicted octanol–water partition coefficient (Wildman–Crippen LogP) is 1.71. The van der Waals surface area contributed by atoms with Gasteiger partial charge in [0, 0.05) is 10.2 Å². The first-order chi connectivity index (χ1) is 6.58. The number of hydrogen-bond donors (Lipinski definition) is 3. The van der Waals surface area contributed by atoms with Gasteiger partial charge in [0.15, 0.2) is 0 Å². The highest BCUT2D eigenvalue weighted by Gasteiger charge is 2.03. The van der Waals surface area contributed by atoms with Gasteiger partial charge in [0.05, 0.1) is 6.42 Å². The van der Waals surface area contributed by atoms with E-state index in [0.717, 1.165) is 4.47 Å². The molecule has 4 N–H and O–H groups in total. The molecule has 5 heteroatoms. The molecule has 0 bridgehead atoms. The van der Waals surface area contributed by atoms with E-state index >= 15 is 0 Å². The third-order valence-corrected chi connectivity index (χ3v) is 2.01. The zero-order chi connectivity index (χ0) is 10.6. The molecule has 0 heterocycles. The maximum Gasteiger partial charge on any atom is 0.231 e. The van der Waals surface area contributed by atoms with Crippen LogP contribution in [0.3, 0.4) is 0 Å². The van der Waals surface area contributed by atoms with E-state index in [0.29, 0.717) is 5.69 Å². The lowest BCUT2D eigenvalue weighted by atomic mass is 10.3. The van der Waals surface area contributed by atoms with E-state index in [4.69, 9.17) is 11.1 Å². The molecule has 0 aliphatic heterocycles. The van der Waals surface area contributed by atoms with Crippen molar-refractivity contribution in [1.29, 1.82) is 5.41 Å². The van der Waals surface area contributed by atoms with Crippen LogP contribution in [0.25, 0.3) is 0 Å². The number of nitrogens with two attached hydrogens (primary N) is 1. The summed E-state index contributed by atoms with van der Waals surface area (Å²) in [6, 6.07) is 7.18. The van der Waals surface area contributed by atoms with Gasteiger partial charge in [0.25, 0.3) is 0 Å². The summed E-state index contributed by atoms with van der Waals surface area (Å²) in [5.74, 6) is -0.417. The second-order valence-corrected chi connectivity index (χ2v) is 3.67. The molecule has 0 atom stereocenters. The average molecular weight is 256 g/mol. The van der Waals surface area contributed by atoms with E-state index < -0.39 is 0 Å². The normalized spacial score (nSPS) is 9.50. The molecular formula is C9H10BrN3O. The highest BCUT2D eigenvalue weighted by atomic mass is 79.9. The van der Waals surface area contributed by atoms with Crippen LogP contribution in [0.5, 0.6) is 0 Å². The number of nitrogens with one attached hydrogen (secondary N) is 2. The van der Waals surface area contributed by atoms with Crippen molar-refractivity contribution < 1.29 is 4.79 Å². The fourth-order valence-corrected chi connectivity index (χ4v) is 1.18. The van der Waals surface area contributed by atoms with Crippen LogP contribution in [0.15, 0.2) is 28.7 Å². The Balaban J connectivity index is 2.56. The van der Waals surface area contributed by atoms with E-state index in [2.05, 4.69) is 21.2 Å². The van der Waals surface area contributed by atoms with Crippen LogP contribution in [-0.2, 0) is 4.79 Å². The summed E-state index contributed by atoms with van der Waals surface area (Å²) in [6.07, 6.45) is -0.0733. The first-order valence-corrected chi connectivity index (χ1v) is 4.75. The minimum Gasteiger partial charge on any atom is -0.387 e. The molecule has 4 nitrogen and oxygen atoms in total. The molecule has 0 saturated heterocycles. The van der Waals surface area contributed by atoms with Crippen LogP contribution in [0.2, 0.25) is 0 Å². The topological polar surface area (TPSA) is 79.0 Å². The Hall–Kier alpha value is -1.36. The van der Waals surface area contributed by atoms with Crippen molar-refractivity contribution in [3.63, 3.8) is 0 Å². The number of rotatable bonds is 3. The third-order valence-electron chi connectivity index (χ3n) is 1.48. The van der Waals surface area contributed by atoms with Crippen molar-refractivity contribution in [2.24, 2.45) is 5.73 Å². The molecular weight excluding hydrogens is 246 g/mol. The second-order valence-electron chi connectivity index (χ2n) is 2.76. The Morgan fingerprint density at radius 1 is 1.43 bits per heavy atom. The van der Waals surface area contributed by atoms with Gasteiger partial charge in [-0.2, -0.15) is 0 Å². The fraction of sp³-hybridized carbons (Fsp3) is 0.111. The zero-order valence-electron chi connectivity index (χ0n) is 7.38. The number of amidine groups is 1. The molecule has 1 rings (SSSR count). The summed E-state index contributed by atoms with van der Waals surface area (Å²) in [5, 5.41) is 9.55. The summed E-state index contributed by atoms with van der Waals surface area (Å²) >= 11 is 3.29. The Morgan fingerprint density at radius 3 is 2.50 bits per heavy atom. The molecule has 1 amide bonds. The first-order valence-electron chi connectivity index (χ1n) is 3.96.